The van der Waals surface area contributed by atoms with Gasteiger partial charge in [-0.05, 0) is 68.0 Å². The summed E-state index contributed by atoms with van der Waals surface area (Å²) in [5.41, 5.74) is 5.29. The lowest BCUT2D eigenvalue weighted by atomic mass is 9.96. The quantitative estimate of drug-likeness (QED) is 0.473. The van der Waals surface area contributed by atoms with Gasteiger partial charge in [0, 0.05) is 49.5 Å². The van der Waals surface area contributed by atoms with E-state index < -0.39 is 5.97 Å². The van der Waals surface area contributed by atoms with Gasteiger partial charge in [0.25, 0.3) is 0 Å². The van der Waals surface area contributed by atoms with Gasteiger partial charge in [-0.15, -0.1) is 0 Å². The van der Waals surface area contributed by atoms with Gasteiger partial charge in [-0.1, -0.05) is 12.1 Å². The molecule has 0 spiro atoms. The van der Waals surface area contributed by atoms with E-state index in [2.05, 4.69) is 44.6 Å². The standard InChI is InChI=1S/C27H31N5O3S/c1-18-16-22(19(2)32(18)21-7-5-6-20(17-21)26(33)34)25-24(23-8-3-4-9-28-23)29-27(36)31(25)11-10-30-12-14-35-15-13-30/h3-9,16-17,24-25H,10-15H2,1-2H3,(H,29,36)(H,33,34)/t24-,25+/m0/s1. The molecule has 2 aliphatic heterocycles. The second kappa shape index (κ2) is 10.4. The largest absolute Gasteiger partial charge is 0.478 e. The lowest BCUT2D eigenvalue weighted by Gasteiger charge is -2.32. The summed E-state index contributed by atoms with van der Waals surface area (Å²) in [6.07, 6.45) is 1.81. The van der Waals surface area contributed by atoms with E-state index in [4.69, 9.17) is 17.0 Å². The van der Waals surface area contributed by atoms with Crippen molar-refractivity contribution >= 4 is 23.3 Å². The highest BCUT2D eigenvalue weighted by Crippen LogP contribution is 2.41. The van der Waals surface area contributed by atoms with Crippen LogP contribution in [0.2, 0.25) is 0 Å². The van der Waals surface area contributed by atoms with Crippen LogP contribution in [0.25, 0.3) is 5.69 Å². The minimum absolute atomic E-state index is 0.0453. The average molecular weight is 506 g/mol. The summed E-state index contributed by atoms with van der Waals surface area (Å²) in [5.74, 6) is -0.936. The van der Waals surface area contributed by atoms with Crippen molar-refractivity contribution in [1.82, 2.24) is 24.7 Å². The third kappa shape index (κ3) is 4.74. The number of rotatable bonds is 7. The number of carboxylic acids is 1. The number of aromatic nitrogens is 2. The Kier molecular flexibility index (Phi) is 7.04. The van der Waals surface area contributed by atoms with Crippen molar-refractivity contribution in [2.24, 2.45) is 0 Å². The molecule has 36 heavy (non-hydrogen) atoms. The first kappa shape index (κ1) is 24.4. The minimum Gasteiger partial charge on any atom is -0.478 e. The highest BCUT2D eigenvalue weighted by Gasteiger charge is 2.41. The molecule has 1 aromatic carbocycles. The molecule has 2 N–H and O–H groups in total. The van der Waals surface area contributed by atoms with Crippen LogP contribution in [0.1, 0.15) is 45.1 Å². The van der Waals surface area contributed by atoms with Crippen LogP contribution < -0.4 is 5.32 Å². The molecule has 0 saturated carbocycles. The monoisotopic (exact) mass is 505 g/mol. The Morgan fingerprint density at radius 3 is 2.67 bits per heavy atom. The third-order valence-electron chi connectivity index (χ3n) is 7.10. The topological polar surface area (TPSA) is 82.9 Å². The van der Waals surface area contributed by atoms with Crippen molar-refractivity contribution in [2.75, 3.05) is 39.4 Å². The van der Waals surface area contributed by atoms with E-state index in [-0.39, 0.29) is 17.6 Å². The molecule has 2 aliphatic rings. The molecule has 4 heterocycles. The first-order chi connectivity index (χ1) is 17.4. The molecule has 0 unspecified atom stereocenters. The predicted molar refractivity (Wildman–Crippen MR) is 142 cm³/mol. The lowest BCUT2D eigenvalue weighted by Crippen LogP contribution is -2.42. The summed E-state index contributed by atoms with van der Waals surface area (Å²) in [6.45, 7) is 9.21. The van der Waals surface area contributed by atoms with Crippen molar-refractivity contribution in [3.63, 3.8) is 0 Å². The molecule has 5 rings (SSSR count). The van der Waals surface area contributed by atoms with Gasteiger partial charge in [-0.2, -0.15) is 0 Å². The Morgan fingerprint density at radius 1 is 1.14 bits per heavy atom. The molecule has 0 bridgehead atoms. The number of aromatic carboxylic acids is 1. The zero-order valence-electron chi connectivity index (χ0n) is 20.6. The first-order valence-electron chi connectivity index (χ1n) is 12.2. The number of nitrogens with zero attached hydrogens (tertiary/aromatic N) is 4. The van der Waals surface area contributed by atoms with E-state index in [0.29, 0.717) is 0 Å². The summed E-state index contributed by atoms with van der Waals surface area (Å²) >= 11 is 5.86. The van der Waals surface area contributed by atoms with E-state index in [0.717, 1.165) is 72.8 Å². The second-order valence-corrected chi connectivity index (χ2v) is 9.68. The van der Waals surface area contributed by atoms with Gasteiger partial charge in [0.2, 0.25) is 0 Å². The van der Waals surface area contributed by atoms with Crippen LogP contribution in [0.3, 0.4) is 0 Å². The van der Waals surface area contributed by atoms with E-state index in [1.807, 2.05) is 30.5 Å². The number of pyridine rings is 1. The van der Waals surface area contributed by atoms with Crippen LogP contribution in [0.4, 0.5) is 0 Å². The van der Waals surface area contributed by atoms with Crippen molar-refractivity contribution in [1.29, 1.82) is 0 Å². The molecular formula is C27H31N5O3S. The number of nitrogens with one attached hydrogen (secondary N) is 1. The fraction of sp³-hybridized carbons (Fsp3) is 0.370. The van der Waals surface area contributed by atoms with Crippen LogP contribution in [0.15, 0.2) is 54.7 Å². The molecule has 2 atom stereocenters. The van der Waals surface area contributed by atoms with Crippen molar-refractivity contribution in [3.05, 3.63) is 82.9 Å². The summed E-state index contributed by atoms with van der Waals surface area (Å²) in [7, 11) is 0. The SMILES string of the molecule is Cc1cc([C@@H]2[C@H](c3ccccn3)NC(=S)N2CCN2CCOCC2)c(C)n1-c1cccc(C(=O)O)c1. The maximum Gasteiger partial charge on any atom is 0.335 e. The molecule has 0 amide bonds. The summed E-state index contributed by atoms with van der Waals surface area (Å²) < 4.78 is 7.64. The Morgan fingerprint density at radius 2 is 1.94 bits per heavy atom. The van der Waals surface area contributed by atoms with E-state index in [9.17, 15) is 9.90 Å². The Labute approximate surface area is 216 Å². The van der Waals surface area contributed by atoms with Crippen LogP contribution in [-0.4, -0.2) is 74.9 Å². The molecule has 188 valence electrons. The summed E-state index contributed by atoms with van der Waals surface area (Å²) in [6, 6.07) is 15.1. The van der Waals surface area contributed by atoms with Crippen LogP contribution in [0, 0.1) is 13.8 Å². The number of hydrogen-bond donors (Lipinski definition) is 2. The minimum atomic E-state index is -0.936. The fourth-order valence-electron chi connectivity index (χ4n) is 5.32. The van der Waals surface area contributed by atoms with Gasteiger partial charge in [-0.25, -0.2) is 4.79 Å². The number of aryl methyl sites for hydroxylation is 1. The van der Waals surface area contributed by atoms with E-state index in [1.165, 1.54) is 0 Å². The predicted octanol–water partition coefficient (Wildman–Crippen LogP) is 3.49. The Balaban J connectivity index is 1.53. The van der Waals surface area contributed by atoms with Crippen molar-refractivity contribution in [2.45, 2.75) is 25.9 Å². The van der Waals surface area contributed by atoms with Crippen molar-refractivity contribution in [3.8, 4) is 5.69 Å². The lowest BCUT2D eigenvalue weighted by molar-refractivity contribution is 0.0350. The number of ether oxygens (including phenoxy) is 1. The zero-order valence-corrected chi connectivity index (χ0v) is 21.4. The second-order valence-electron chi connectivity index (χ2n) is 9.29. The Bertz CT molecular complexity index is 1260. The molecule has 3 aromatic rings. The zero-order chi connectivity index (χ0) is 25.2. The maximum absolute atomic E-state index is 11.6. The van der Waals surface area contributed by atoms with Gasteiger partial charge in [0.1, 0.15) is 0 Å². The van der Waals surface area contributed by atoms with Gasteiger partial charge in [0.05, 0.1) is 36.6 Å². The number of hydrogen-bond acceptors (Lipinski definition) is 5. The van der Waals surface area contributed by atoms with Crippen LogP contribution in [-0.2, 0) is 4.74 Å². The molecule has 2 aromatic heterocycles. The summed E-state index contributed by atoms with van der Waals surface area (Å²) in [4.78, 5) is 20.9. The molecule has 0 radical (unpaired) electrons. The molecule has 2 saturated heterocycles. The van der Waals surface area contributed by atoms with Gasteiger partial charge >= 0.3 is 5.97 Å². The van der Waals surface area contributed by atoms with E-state index >= 15 is 0 Å². The maximum atomic E-state index is 11.6. The molecule has 8 nitrogen and oxygen atoms in total. The van der Waals surface area contributed by atoms with Gasteiger partial charge in [-0.3, -0.25) is 9.88 Å². The van der Waals surface area contributed by atoms with Crippen molar-refractivity contribution < 1.29 is 14.6 Å². The average Bonchev–Trinajstić information content (AvgIpc) is 3.38. The number of thiocarbonyl (C=S) groups is 1. The molecule has 2 fully saturated rings. The van der Waals surface area contributed by atoms with Gasteiger partial charge in [0.15, 0.2) is 5.11 Å². The third-order valence-corrected chi connectivity index (χ3v) is 7.45. The fourth-order valence-corrected chi connectivity index (χ4v) is 5.65. The smallest absolute Gasteiger partial charge is 0.335 e. The van der Waals surface area contributed by atoms with Crippen LogP contribution in [0.5, 0.6) is 0 Å². The first-order valence-corrected chi connectivity index (χ1v) is 12.7. The van der Waals surface area contributed by atoms with Crippen LogP contribution >= 0.6 is 12.2 Å². The summed E-state index contributed by atoms with van der Waals surface area (Å²) in [5, 5.41) is 13.8. The number of carboxylic acid groups (broad SMARTS) is 1. The highest BCUT2D eigenvalue weighted by molar-refractivity contribution is 7.80. The Hall–Kier alpha value is -3.27. The molecule has 0 aliphatic carbocycles. The molecule has 9 heteroatoms. The number of carbonyl (C=O) groups is 1. The highest BCUT2D eigenvalue weighted by atomic mass is 32.1. The normalized spacial score (nSPS) is 20.5. The number of benzene rings is 1. The van der Waals surface area contributed by atoms with E-state index in [1.54, 1.807) is 18.2 Å². The number of morpholine rings is 1. The molecular weight excluding hydrogens is 474 g/mol. The van der Waals surface area contributed by atoms with Gasteiger partial charge < -0.3 is 24.6 Å².